The summed E-state index contributed by atoms with van der Waals surface area (Å²) in [6, 6.07) is 8.57. The molecule has 3 aliphatic rings. The summed E-state index contributed by atoms with van der Waals surface area (Å²) in [7, 11) is 0. The fraction of sp³-hybridized carbons (Fsp3) is 0.300. The molecule has 0 saturated carbocycles. The highest BCUT2D eigenvalue weighted by Crippen LogP contribution is 2.23. The zero-order valence-electron chi connectivity index (χ0n) is 13.6. The first-order valence-corrected chi connectivity index (χ1v) is 8.53. The molecule has 1 aromatic rings. The Morgan fingerprint density at radius 1 is 1.12 bits per heavy atom. The van der Waals surface area contributed by atoms with Gasteiger partial charge in [-0.05, 0) is 23.8 Å². The number of hydrogen-bond acceptors (Lipinski definition) is 3. The van der Waals surface area contributed by atoms with Crippen LogP contribution in [0, 0.1) is 5.92 Å². The number of fused-ring (bicyclic) bond motifs is 1. The summed E-state index contributed by atoms with van der Waals surface area (Å²) < 4.78 is 0. The number of aliphatic imine (C=N–C) groups is 1. The van der Waals surface area contributed by atoms with Crippen LogP contribution in [-0.2, 0) is 11.2 Å². The third-order valence-corrected chi connectivity index (χ3v) is 4.74. The van der Waals surface area contributed by atoms with Crippen LogP contribution in [0.5, 0.6) is 0 Å². The van der Waals surface area contributed by atoms with Crippen molar-refractivity contribution >= 4 is 17.3 Å². The highest BCUT2D eigenvalue weighted by molar-refractivity contribution is 6.13. The maximum absolute atomic E-state index is 12.2. The lowest BCUT2D eigenvalue weighted by molar-refractivity contribution is -0.114. The van der Waals surface area contributed by atoms with Crippen LogP contribution in [0.2, 0.25) is 0 Å². The Balaban J connectivity index is 1.47. The number of carbonyl (C=O) groups excluding carboxylic acids is 1. The third-order valence-electron chi connectivity index (χ3n) is 4.74. The van der Waals surface area contributed by atoms with Gasteiger partial charge in [-0.2, -0.15) is 0 Å². The van der Waals surface area contributed by atoms with Crippen molar-refractivity contribution in [1.82, 2.24) is 5.32 Å². The Labute approximate surface area is 142 Å². The summed E-state index contributed by atoms with van der Waals surface area (Å²) in [6.07, 6.45) is 10.6. The molecular weight excluding hydrogens is 298 g/mol. The van der Waals surface area contributed by atoms with E-state index < -0.39 is 0 Å². The van der Waals surface area contributed by atoms with Gasteiger partial charge in [-0.1, -0.05) is 36.4 Å². The lowest BCUT2D eigenvalue weighted by Gasteiger charge is -2.29. The number of piperazine rings is 1. The van der Waals surface area contributed by atoms with Gasteiger partial charge in [-0.15, -0.1) is 0 Å². The zero-order valence-corrected chi connectivity index (χ0v) is 13.6. The van der Waals surface area contributed by atoms with Crippen molar-refractivity contribution < 1.29 is 4.79 Å². The van der Waals surface area contributed by atoms with E-state index in [1.54, 1.807) is 0 Å². The first kappa shape index (κ1) is 15.1. The smallest absolute Gasteiger partial charge is 0.273 e. The van der Waals surface area contributed by atoms with E-state index in [4.69, 9.17) is 0 Å². The zero-order chi connectivity index (χ0) is 16.4. The number of hydrogen-bond donors (Lipinski definition) is 1. The quantitative estimate of drug-likeness (QED) is 0.930. The minimum absolute atomic E-state index is 0.104. The van der Waals surface area contributed by atoms with Crippen molar-refractivity contribution in [2.24, 2.45) is 10.9 Å². The molecule has 0 radical (unpaired) electrons. The molecule has 2 aliphatic heterocycles. The van der Waals surface area contributed by atoms with E-state index in [0.717, 1.165) is 43.0 Å². The van der Waals surface area contributed by atoms with E-state index in [-0.39, 0.29) is 11.8 Å². The van der Waals surface area contributed by atoms with Crippen LogP contribution in [0.1, 0.15) is 5.56 Å². The van der Waals surface area contributed by atoms with Crippen LogP contribution < -0.4 is 10.2 Å². The number of benzene rings is 1. The normalized spacial score (nSPS) is 22.9. The SMILES string of the molecule is O=C1N=C2C=CC=CC2C=C1Cc1ccc(N2CCNCC2)cc1. The summed E-state index contributed by atoms with van der Waals surface area (Å²) in [5.41, 5.74) is 4.05. The summed E-state index contributed by atoms with van der Waals surface area (Å²) in [5, 5.41) is 3.37. The number of carbonyl (C=O) groups is 1. The molecule has 1 fully saturated rings. The third kappa shape index (κ3) is 3.10. The van der Waals surface area contributed by atoms with Crippen molar-refractivity contribution in [1.29, 1.82) is 0 Å². The second kappa shape index (κ2) is 6.57. The largest absolute Gasteiger partial charge is 0.369 e. The van der Waals surface area contributed by atoms with Crippen molar-refractivity contribution in [3.05, 3.63) is 65.8 Å². The fourth-order valence-corrected chi connectivity index (χ4v) is 3.38. The van der Waals surface area contributed by atoms with Crippen LogP contribution in [0.3, 0.4) is 0 Å². The lowest BCUT2D eigenvalue weighted by Crippen LogP contribution is -2.43. The maximum Gasteiger partial charge on any atom is 0.273 e. The van der Waals surface area contributed by atoms with Gasteiger partial charge in [0.15, 0.2) is 0 Å². The highest BCUT2D eigenvalue weighted by atomic mass is 16.1. The molecule has 4 nitrogen and oxygen atoms in total. The Bertz CT molecular complexity index is 750. The van der Waals surface area contributed by atoms with Crippen molar-refractivity contribution in [2.45, 2.75) is 6.42 Å². The van der Waals surface area contributed by atoms with Crippen molar-refractivity contribution in [2.75, 3.05) is 31.1 Å². The van der Waals surface area contributed by atoms with E-state index in [0.29, 0.717) is 6.42 Å². The second-order valence-electron chi connectivity index (χ2n) is 6.38. The van der Waals surface area contributed by atoms with Gasteiger partial charge in [0.25, 0.3) is 5.91 Å². The molecule has 1 aliphatic carbocycles. The average Bonchev–Trinajstić information content (AvgIpc) is 2.64. The van der Waals surface area contributed by atoms with Gasteiger partial charge in [0, 0.05) is 49.8 Å². The van der Waals surface area contributed by atoms with Crippen LogP contribution in [0.15, 0.2) is 65.2 Å². The molecule has 1 saturated heterocycles. The van der Waals surface area contributed by atoms with Crippen molar-refractivity contribution in [3.8, 4) is 0 Å². The number of anilines is 1. The predicted octanol–water partition coefficient (Wildman–Crippen LogP) is 2.29. The number of nitrogens with one attached hydrogen (secondary N) is 1. The van der Waals surface area contributed by atoms with Gasteiger partial charge in [0.2, 0.25) is 0 Å². The van der Waals surface area contributed by atoms with E-state index in [2.05, 4.69) is 51.6 Å². The van der Waals surface area contributed by atoms with E-state index in [1.807, 2.05) is 18.2 Å². The molecular formula is C20H21N3O. The summed E-state index contributed by atoms with van der Waals surface area (Å²) in [6.45, 7) is 4.16. The number of rotatable bonds is 3. The molecule has 1 unspecified atom stereocenters. The van der Waals surface area contributed by atoms with E-state index >= 15 is 0 Å². The van der Waals surface area contributed by atoms with Crippen molar-refractivity contribution in [3.63, 3.8) is 0 Å². The molecule has 0 aromatic heterocycles. The molecule has 122 valence electrons. The van der Waals surface area contributed by atoms with E-state index in [1.165, 1.54) is 5.69 Å². The molecule has 1 amide bonds. The fourth-order valence-electron chi connectivity index (χ4n) is 3.38. The molecule has 0 bridgehead atoms. The van der Waals surface area contributed by atoms with E-state index in [9.17, 15) is 4.79 Å². The van der Waals surface area contributed by atoms with Crippen LogP contribution in [0.25, 0.3) is 0 Å². The standard InChI is InChI=1S/C20H21N3O/c24-20-17(14-16-3-1-2-4-19(16)22-20)13-15-5-7-18(8-6-15)23-11-9-21-10-12-23/h1-8,14,16,21H,9-13H2. The van der Waals surface area contributed by atoms with Gasteiger partial charge < -0.3 is 10.2 Å². The summed E-state index contributed by atoms with van der Waals surface area (Å²) >= 11 is 0. The predicted molar refractivity (Wildman–Crippen MR) is 97.5 cm³/mol. The number of dihydropyridines is 1. The average molecular weight is 319 g/mol. The molecule has 1 aromatic carbocycles. The van der Waals surface area contributed by atoms with Crippen LogP contribution >= 0.6 is 0 Å². The monoisotopic (exact) mass is 319 g/mol. The highest BCUT2D eigenvalue weighted by Gasteiger charge is 2.22. The topological polar surface area (TPSA) is 44.7 Å². The molecule has 24 heavy (non-hydrogen) atoms. The number of nitrogens with zero attached hydrogens (tertiary/aromatic N) is 2. The summed E-state index contributed by atoms with van der Waals surface area (Å²) in [5.74, 6) is 0.0372. The first-order valence-electron chi connectivity index (χ1n) is 8.53. The molecule has 0 spiro atoms. The molecule has 2 heterocycles. The molecule has 1 atom stereocenters. The Morgan fingerprint density at radius 3 is 2.71 bits per heavy atom. The summed E-state index contributed by atoms with van der Waals surface area (Å²) in [4.78, 5) is 18.9. The Hall–Kier alpha value is -2.46. The number of amides is 1. The van der Waals surface area contributed by atoms with Crippen LogP contribution in [-0.4, -0.2) is 37.8 Å². The Kier molecular flexibility index (Phi) is 4.13. The molecule has 1 N–H and O–H groups in total. The van der Waals surface area contributed by atoms with Gasteiger partial charge in [0.1, 0.15) is 0 Å². The van der Waals surface area contributed by atoms with Gasteiger partial charge in [-0.25, -0.2) is 4.99 Å². The Morgan fingerprint density at radius 2 is 1.92 bits per heavy atom. The van der Waals surface area contributed by atoms with Gasteiger partial charge >= 0.3 is 0 Å². The minimum Gasteiger partial charge on any atom is -0.369 e. The minimum atomic E-state index is -0.104. The molecule has 4 rings (SSSR count). The lowest BCUT2D eigenvalue weighted by atomic mass is 9.90. The van der Waals surface area contributed by atoms with Gasteiger partial charge in [-0.3, -0.25) is 4.79 Å². The maximum atomic E-state index is 12.2. The second-order valence-corrected chi connectivity index (χ2v) is 6.38. The number of allylic oxidation sites excluding steroid dienone is 5. The van der Waals surface area contributed by atoms with Gasteiger partial charge in [0.05, 0.1) is 5.71 Å². The first-order chi connectivity index (χ1) is 11.8. The van der Waals surface area contributed by atoms with Crippen LogP contribution in [0.4, 0.5) is 5.69 Å². The molecule has 4 heteroatoms.